The van der Waals surface area contributed by atoms with Gasteiger partial charge in [0.05, 0.1) is 7.11 Å². The van der Waals surface area contributed by atoms with E-state index in [1.165, 1.54) is 26.7 Å². The smallest absolute Gasteiger partial charge is 0.125 e. The van der Waals surface area contributed by atoms with Gasteiger partial charge in [-0.2, -0.15) is 0 Å². The first kappa shape index (κ1) is 13.9. The molecule has 1 aromatic rings. The van der Waals surface area contributed by atoms with Crippen molar-refractivity contribution in [3.8, 4) is 5.75 Å². The lowest BCUT2D eigenvalue weighted by molar-refractivity contribution is 0.261. The highest BCUT2D eigenvalue weighted by molar-refractivity contribution is 9.10. The van der Waals surface area contributed by atoms with Crippen LogP contribution in [0.4, 0.5) is 0 Å². The van der Waals surface area contributed by atoms with Crippen molar-refractivity contribution in [1.29, 1.82) is 0 Å². The monoisotopic (exact) mass is 311 g/mol. The van der Waals surface area contributed by atoms with Crippen LogP contribution in [0.5, 0.6) is 5.75 Å². The summed E-state index contributed by atoms with van der Waals surface area (Å²) in [6, 6.07) is 0.413. The van der Waals surface area contributed by atoms with Crippen LogP contribution in [-0.2, 0) is 6.42 Å². The largest absolute Gasteiger partial charge is 0.496 e. The molecule has 0 aliphatic heterocycles. The van der Waals surface area contributed by atoms with Crippen molar-refractivity contribution >= 4 is 15.9 Å². The molecule has 0 bridgehead atoms. The van der Waals surface area contributed by atoms with Crippen LogP contribution in [0, 0.1) is 26.7 Å². The van der Waals surface area contributed by atoms with Crippen molar-refractivity contribution in [3.63, 3.8) is 0 Å². The standard InChI is InChI=1S/C15H22BrNO/c1-8-9(2)15(18-4)13(10(3)14(8)16)7-11-5-12(17)6-11/h11-12H,5-7,17H2,1-4H3. The van der Waals surface area contributed by atoms with Crippen molar-refractivity contribution in [2.24, 2.45) is 11.7 Å². The molecule has 0 aromatic heterocycles. The second kappa shape index (κ2) is 5.22. The third-order valence-electron chi connectivity index (χ3n) is 4.26. The van der Waals surface area contributed by atoms with E-state index >= 15 is 0 Å². The second-order valence-electron chi connectivity index (χ2n) is 5.50. The predicted octanol–water partition coefficient (Wildman–Crippen LogP) is 3.66. The van der Waals surface area contributed by atoms with Gasteiger partial charge in [-0.15, -0.1) is 0 Å². The summed E-state index contributed by atoms with van der Waals surface area (Å²) in [6.45, 7) is 6.44. The van der Waals surface area contributed by atoms with Gasteiger partial charge in [0.25, 0.3) is 0 Å². The fourth-order valence-electron chi connectivity index (χ4n) is 2.91. The van der Waals surface area contributed by atoms with Crippen LogP contribution in [0.25, 0.3) is 0 Å². The average molecular weight is 312 g/mol. The minimum atomic E-state index is 0.413. The molecule has 1 aromatic carbocycles. The van der Waals surface area contributed by atoms with Crippen LogP contribution in [0.3, 0.4) is 0 Å². The Kier molecular flexibility index (Phi) is 4.02. The maximum Gasteiger partial charge on any atom is 0.125 e. The van der Waals surface area contributed by atoms with Gasteiger partial charge in [-0.25, -0.2) is 0 Å². The predicted molar refractivity (Wildman–Crippen MR) is 79.3 cm³/mol. The molecule has 0 unspecified atom stereocenters. The summed E-state index contributed by atoms with van der Waals surface area (Å²) >= 11 is 3.71. The molecule has 18 heavy (non-hydrogen) atoms. The van der Waals surface area contributed by atoms with Gasteiger partial charge in [0.15, 0.2) is 0 Å². The summed E-state index contributed by atoms with van der Waals surface area (Å²) < 4.78 is 6.86. The van der Waals surface area contributed by atoms with E-state index in [1.54, 1.807) is 7.11 Å². The number of ether oxygens (including phenoxy) is 1. The normalized spacial score (nSPS) is 22.8. The Balaban J connectivity index is 2.38. The zero-order valence-electron chi connectivity index (χ0n) is 11.6. The van der Waals surface area contributed by atoms with E-state index < -0.39 is 0 Å². The molecule has 3 heteroatoms. The van der Waals surface area contributed by atoms with Crippen LogP contribution in [0.15, 0.2) is 4.47 Å². The van der Waals surface area contributed by atoms with Crippen LogP contribution in [0.2, 0.25) is 0 Å². The summed E-state index contributed by atoms with van der Waals surface area (Å²) in [5, 5.41) is 0. The van der Waals surface area contributed by atoms with Gasteiger partial charge >= 0.3 is 0 Å². The highest BCUT2D eigenvalue weighted by atomic mass is 79.9. The Hall–Kier alpha value is -0.540. The first-order chi connectivity index (χ1) is 8.45. The molecule has 2 rings (SSSR count). The first-order valence-corrected chi connectivity index (χ1v) is 7.32. The van der Waals surface area contributed by atoms with E-state index in [2.05, 4.69) is 36.7 Å². The second-order valence-corrected chi connectivity index (χ2v) is 6.30. The van der Waals surface area contributed by atoms with Crippen molar-refractivity contribution < 1.29 is 4.74 Å². The van der Waals surface area contributed by atoms with Gasteiger partial charge < -0.3 is 10.5 Å². The Bertz CT molecular complexity index is 464. The third kappa shape index (κ3) is 2.30. The van der Waals surface area contributed by atoms with Crippen LogP contribution >= 0.6 is 15.9 Å². The molecule has 1 fully saturated rings. The summed E-state index contributed by atoms with van der Waals surface area (Å²) in [4.78, 5) is 0. The zero-order chi connectivity index (χ0) is 13.4. The maximum absolute atomic E-state index is 5.87. The number of hydrogen-bond acceptors (Lipinski definition) is 2. The SMILES string of the molecule is COc1c(C)c(C)c(Br)c(C)c1CC1CC(N)C1. The quantitative estimate of drug-likeness (QED) is 0.924. The van der Waals surface area contributed by atoms with Crippen LogP contribution < -0.4 is 10.5 Å². The molecular formula is C15H22BrNO. The number of methoxy groups -OCH3 is 1. The van der Waals surface area contributed by atoms with Gasteiger partial charge in [0.2, 0.25) is 0 Å². The lowest BCUT2D eigenvalue weighted by atomic mass is 9.76. The summed E-state index contributed by atoms with van der Waals surface area (Å²) in [5.74, 6) is 1.79. The fourth-order valence-corrected chi connectivity index (χ4v) is 3.45. The van der Waals surface area contributed by atoms with Crippen LogP contribution in [0.1, 0.15) is 35.1 Å². The Morgan fingerprint density at radius 1 is 1.17 bits per heavy atom. The molecular weight excluding hydrogens is 290 g/mol. The highest BCUT2D eigenvalue weighted by Gasteiger charge is 2.28. The molecule has 1 aliphatic rings. The van der Waals surface area contributed by atoms with Gasteiger partial charge in [0.1, 0.15) is 5.75 Å². The number of benzene rings is 1. The zero-order valence-corrected chi connectivity index (χ0v) is 13.2. The van der Waals surface area contributed by atoms with Crippen LogP contribution in [-0.4, -0.2) is 13.2 Å². The number of halogens is 1. The fraction of sp³-hybridized carbons (Fsp3) is 0.600. The number of hydrogen-bond donors (Lipinski definition) is 1. The molecule has 0 saturated heterocycles. The van der Waals surface area contributed by atoms with Crippen molar-refractivity contribution in [2.45, 2.75) is 46.1 Å². The van der Waals surface area contributed by atoms with Gasteiger partial charge in [-0.1, -0.05) is 15.9 Å². The molecule has 1 aliphatic carbocycles. The molecule has 0 radical (unpaired) electrons. The van der Waals surface area contributed by atoms with E-state index in [9.17, 15) is 0 Å². The Labute approximate surface area is 118 Å². The van der Waals surface area contributed by atoms with Crippen molar-refractivity contribution in [2.75, 3.05) is 7.11 Å². The summed E-state index contributed by atoms with van der Waals surface area (Å²) in [7, 11) is 1.77. The van der Waals surface area contributed by atoms with E-state index in [0.29, 0.717) is 6.04 Å². The maximum atomic E-state index is 5.87. The minimum Gasteiger partial charge on any atom is -0.496 e. The van der Waals surface area contributed by atoms with E-state index in [0.717, 1.165) is 30.9 Å². The van der Waals surface area contributed by atoms with E-state index in [1.807, 2.05) is 0 Å². The molecule has 1 saturated carbocycles. The lowest BCUT2D eigenvalue weighted by Gasteiger charge is -2.33. The molecule has 0 spiro atoms. The molecule has 2 nitrogen and oxygen atoms in total. The molecule has 100 valence electrons. The average Bonchev–Trinajstić information content (AvgIpc) is 2.31. The molecule has 0 atom stereocenters. The molecule has 0 heterocycles. The molecule has 2 N–H and O–H groups in total. The van der Waals surface area contributed by atoms with Gasteiger partial charge in [-0.3, -0.25) is 0 Å². The molecule has 0 amide bonds. The first-order valence-electron chi connectivity index (χ1n) is 6.53. The third-order valence-corrected chi connectivity index (χ3v) is 5.45. The van der Waals surface area contributed by atoms with Gasteiger partial charge in [0, 0.05) is 10.5 Å². The number of nitrogens with two attached hydrogens (primary N) is 1. The van der Waals surface area contributed by atoms with Crippen molar-refractivity contribution in [1.82, 2.24) is 0 Å². The summed E-state index contributed by atoms with van der Waals surface area (Å²) in [6.07, 6.45) is 3.38. The minimum absolute atomic E-state index is 0.413. The van der Waals surface area contributed by atoms with Crippen molar-refractivity contribution in [3.05, 3.63) is 26.7 Å². The highest BCUT2D eigenvalue weighted by Crippen LogP contribution is 2.40. The Morgan fingerprint density at radius 2 is 1.78 bits per heavy atom. The Morgan fingerprint density at radius 3 is 2.28 bits per heavy atom. The van der Waals surface area contributed by atoms with Gasteiger partial charge in [-0.05, 0) is 68.2 Å². The lowest BCUT2D eigenvalue weighted by Crippen LogP contribution is -2.37. The van der Waals surface area contributed by atoms with E-state index in [4.69, 9.17) is 10.5 Å². The summed E-state index contributed by atoms with van der Waals surface area (Å²) in [5.41, 5.74) is 11.1. The topological polar surface area (TPSA) is 35.2 Å². The number of rotatable bonds is 3. The van der Waals surface area contributed by atoms with E-state index in [-0.39, 0.29) is 0 Å².